The molecule has 2 fully saturated rings. The van der Waals surface area contributed by atoms with E-state index in [1.54, 1.807) is 0 Å². The predicted molar refractivity (Wildman–Crippen MR) is 110 cm³/mol. The van der Waals surface area contributed by atoms with Gasteiger partial charge >= 0.3 is 6.03 Å². The van der Waals surface area contributed by atoms with E-state index in [4.69, 9.17) is 0 Å². The minimum absolute atomic E-state index is 0.0575. The van der Waals surface area contributed by atoms with Crippen molar-refractivity contribution in [3.8, 4) is 0 Å². The van der Waals surface area contributed by atoms with Crippen molar-refractivity contribution in [3.63, 3.8) is 0 Å². The number of carbonyl (C=O) groups is 1. The summed E-state index contributed by atoms with van der Waals surface area (Å²) < 4.78 is 0. The zero-order valence-corrected chi connectivity index (χ0v) is 16.3. The molecule has 1 saturated carbocycles. The van der Waals surface area contributed by atoms with Gasteiger partial charge in [0.1, 0.15) is 0 Å². The van der Waals surface area contributed by atoms with Crippen LogP contribution in [0.1, 0.15) is 43.4 Å². The molecule has 28 heavy (non-hydrogen) atoms. The van der Waals surface area contributed by atoms with Crippen molar-refractivity contribution in [1.82, 2.24) is 9.88 Å². The van der Waals surface area contributed by atoms with Gasteiger partial charge in [0.15, 0.2) is 0 Å². The Balaban J connectivity index is 1.39. The summed E-state index contributed by atoms with van der Waals surface area (Å²) >= 11 is 0. The molecule has 0 spiro atoms. The molecular formula is C23H29N3O2. The van der Waals surface area contributed by atoms with Crippen molar-refractivity contribution < 1.29 is 9.90 Å². The van der Waals surface area contributed by atoms with Gasteiger partial charge in [-0.1, -0.05) is 37.1 Å². The summed E-state index contributed by atoms with van der Waals surface area (Å²) in [5, 5.41) is 13.9. The largest absolute Gasteiger partial charge is 0.389 e. The summed E-state index contributed by atoms with van der Waals surface area (Å²) in [6, 6.07) is 13.9. The number of benzene rings is 1. The third kappa shape index (κ3) is 4.20. The number of hydrogen-bond donors (Lipinski definition) is 2. The number of para-hydroxylation sites is 1. The van der Waals surface area contributed by atoms with Crippen LogP contribution in [-0.2, 0) is 12.8 Å². The van der Waals surface area contributed by atoms with Gasteiger partial charge in [0.2, 0.25) is 0 Å². The Morgan fingerprint density at radius 3 is 2.86 bits per heavy atom. The van der Waals surface area contributed by atoms with Crippen LogP contribution in [0.4, 0.5) is 10.5 Å². The van der Waals surface area contributed by atoms with E-state index in [1.165, 1.54) is 0 Å². The molecule has 2 aromatic rings. The van der Waals surface area contributed by atoms with Crippen LogP contribution in [0.2, 0.25) is 0 Å². The van der Waals surface area contributed by atoms with E-state index < -0.39 is 5.60 Å². The smallest absolute Gasteiger partial charge is 0.321 e. The lowest BCUT2D eigenvalue weighted by Gasteiger charge is -2.47. The second kappa shape index (κ2) is 8.31. The number of aryl methyl sites for hydroxylation is 2. The van der Waals surface area contributed by atoms with Crippen molar-refractivity contribution in [3.05, 3.63) is 59.9 Å². The maximum atomic E-state index is 12.9. The van der Waals surface area contributed by atoms with Crippen molar-refractivity contribution >= 4 is 11.7 Å². The van der Waals surface area contributed by atoms with Crippen LogP contribution in [-0.4, -0.2) is 39.7 Å². The van der Waals surface area contributed by atoms with Crippen LogP contribution in [0, 0.1) is 5.92 Å². The summed E-state index contributed by atoms with van der Waals surface area (Å²) in [5.41, 5.74) is 2.48. The standard InChI is InChI=1S/C23H29N3O2/c27-22(26-16-14-23(28)13-5-3-8-19(23)17-26)25-21-10-2-1-7-18(21)11-12-20-9-4-6-15-24-20/h1-2,4,6-7,9-10,15,19,28H,3,5,8,11-14,16-17H2,(H,25,27)/t19-,23-/m0/s1. The van der Waals surface area contributed by atoms with Gasteiger partial charge in [-0.25, -0.2) is 4.79 Å². The zero-order chi connectivity index (χ0) is 19.4. The first-order valence-corrected chi connectivity index (χ1v) is 10.4. The predicted octanol–water partition coefficient (Wildman–Crippen LogP) is 4.03. The molecular weight excluding hydrogens is 350 g/mol. The van der Waals surface area contributed by atoms with Gasteiger partial charge in [-0.05, 0) is 55.9 Å². The van der Waals surface area contributed by atoms with E-state index in [9.17, 15) is 9.90 Å². The Morgan fingerprint density at radius 2 is 2.00 bits per heavy atom. The number of aromatic nitrogens is 1. The Kier molecular flexibility index (Phi) is 5.62. The highest BCUT2D eigenvalue weighted by atomic mass is 16.3. The highest BCUT2D eigenvalue weighted by Crippen LogP contribution is 2.39. The van der Waals surface area contributed by atoms with Crippen molar-refractivity contribution in [1.29, 1.82) is 0 Å². The summed E-state index contributed by atoms with van der Waals surface area (Å²) in [6.45, 7) is 1.27. The van der Waals surface area contributed by atoms with Crippen molar-refractivity contribution in [2.45, 2.75) is 50.5 Å². The van der Waals surface area contributed by atoms with Gasteiger partial charge in [0, 0.05) is 36.6 Å². The number of pyridine rings is 1. The van der Waals surface area contributed by atoms with Gasteiger partial charge in [-0.2, -0.15) is 0 Å². The minimum Gasteiger partial charge on any atom is -0.389 e. The zero-order valence-electron chi connectivity index (χ0n) is 16.3. The lowest BCUT2D eigenvalue weighted by molar-refractivity contribution is -0.0863. The Labute approximate surface area is 166 Å². The summed E-state index contributed by atoms with van der Waals surface area (Å²) in [4.78, 5) is 19.2. The van der Waals surface area contributed by atoms with E-state index in [2.05, 4.69) is 16.4 Å². The fourth-order valence-corrected chi connectivity index (χ4v) is 4.62. The molecule has 0 radical (unpaired) electrons. The molecule has 1 aromatic carbocycles. The molecule has 5 heteroatoms. The van der Waals surface area contributed by atoms with Crippen LogP contribution in [0.15, 0.2) is 48.7 Å². The maximum Gasteiger partial charge on any atom is 0.321 e. The van der Waals surface area contributed by atoms with Gasteiger partial charge in [-0.15, -0.1) is 0 Å². The molecule has 148 valence electrons. The number of nitrogens with zero attached hydrogens (tertiary/aromatic N) is 2. The van der Waals surface area contributed by atoms with E-state index in [0.29, 0.717) is 19.5 Å². The van der Waals surface area contributed by atoms with Crippen LogP contribution >= 0.6 is 0 Å². The van der Waals surface area contributed by atoms with E-state index in [1.807, 2.05) is 47.5 Å². The molecule has 0 unspecified atom stereocenters. The van der Waals surface area contributed by atoms with Crippen LogP contribution in [0.25, 0.3) is 0 Å². The highest BCUT2D eigenvalue weighted by Gasteiger charge is 2.43. The number of piperidine rings is 1. The number of carbonyl (C=O) groups excluding carboxylic acids is 1. The number of hydrogen-bond acceptors (Lipinski definition) is 3. The Morgan fingerprint density at radius 1 is 1.14 bits per heavy atom. The summed E-state index contributed by atoms with van der Waals surface area (Å²) in [6.07, 6.45) is 8.31. The first kappa shape index (κ1) is 18.9. The third-order valence-corrected chi connectivity index (χ3v) is 6.35. The van der Waals surface area contributed by atoms with E-state index >= 15 is 0 Å². The SMILES string of the molecule is O=C(Nc1ccccc1CCc1ccccn1)N1CC[C@@]2(O)CCCC[C@H]2C1. The molecule has 1 aromatic heterocycles. The van der Waals surface area contributed by atoms with Crippen LogP contribution < -0.4 is 5.32 Å². The highest BCUT2D eigenvalue weighted by molar-refractivity contribution is 5.90. The van der Waals surface area contributed by atoms with Gasteiger partial charge in [0.25, 0.3) is 0 Å². The number of aliphatic hydroxyl groups is 1. The average molecular weight is 380 g/mol. The molecule has 0 bridgehead atoms. The van der Waals surface area contributed by atoms with Gasteiger partial charge < -0.3 is 15.3 Å². The van der Waals surface area contributed by atoms with Crippen LogP contribution in [0.5, 0.6) is 0 Å². The lowest BCUT2D eigenvalue weighted by atomic mass is 9.71. The third-order valence-electron chi connectivity index (χ3n) is 6.35. The molecule has 5 nitrogen and oxygen atoms in total. The number of urea groups is 1. The minimum atomic E-state index is -0.560. The van der Waals surface area contributed by atoms with E-state index in [-0.39, 0.29) is 11.9 Å². The molecule has 1 aliphatic heterocycles. The Bertz CT molecular complexity index is 811. The average Bonchev–Trinajstić information content (AvgIpc) is 2.73. The van der Waals surface area contributed by atoms with Crippen molar-refractivity contribution in [2.75, 3.05) is 18.4 Å². The van der Waals surface area contributed by atoms with E-state index in [0.717, 1.165) is 55.5 Å². The number of nitrogens with one attached hydrogen (secondary N) is 1. The monoisotopic (exact) mass is 379 g/mol. The quantitative estimate of drug-likeness (QED) is 0.843. The fraction of sp³-hybridized carbons (Fsp3) is 0.478. The molecule has 4 rings (SSSR count). The number of likely N-dealkylation sites (tertiary alicyclic amines) is 1. The number of fused-ring (bicyclic) bond motifs is 1. The summed E-state index contributed by atoms with van der Waals surface area (Å²) in [7, 11) is 0. The normalized spacial score (nSPS) is 24.5. The first-order valence-electron chi connectivity index (χ1n) is 10.4. The number of amides is 2. The fourth-order valence-electron chi connectivity index (χ4n) is 4.62. The van der Waals surface area contributed by atoms with Crippen molar-refractivity contribution in [2.24, 2.45) is 5.92 Å². The molecule has 2 aliphatic rings. The second-order valence-corrected chi connectivity index (χ2v) is 8.15. The molecule has 1 aliphatic carbocycles. The number of anilines is 1. The molecule has 2 atom stereocenters. The molecule has 2 N–H and O–H groups in total. The molecule has 2 amide bonds. The first-order chi connectivity index (χ1) is 13.6. The molecule has 2 heterocycles. The second-order valence-electron chi connectivity index (χ2n) is 8.15. The molecule has 1 saturated heterocycles. The van der Waals surface area contributed by atoms with Gasteiger partial charge in [-0.3, -0.25) is 4.98 Å². The lowest BCUT2D eigenvalue weighted by Crippen LogP contribution is -2.55. The maximum absolute atomic E-state index is 12.9. The number of rotatable bonds is 4. The summed E-state index contributed by atoms with van der Waals surface area (Å²) in [5.74, 6) is 0.208. The van der Waals surface area contributed by atoms with Crippen LogP contribution in [0.3, 0.4) is 0 Å². The Hall–Kier alpha value is -2.40. The topological polar surface area (TPSA) is 65.5 Å². The van der Waals surface area contributed by atoms with Gasteiger partial charge in [0.05, 0.1) is 5.60 Å².